The molecular formula is C43H24N2OS. The van der Waals surface area contributed by atoms with Crippen molar-refractivity contribution in [2.45, 2.75) is 0 Å². The second-order valence-corrected chi connectivity index (χ2v) is 13.0. The third-order valence-electron chi connectivity index (χ3n) is 9.46. The standard InChI is InChI=1S/C43H24N2OS/c44-25-29-18-20-30(28-19-22-40-35(23-28)33-12-5-7-16-39(33)46-40)41-34-13-8-15-37(43(34)47-42(29)41)45-36-14-6-4-11-31(36)32-21-17-27(24-38(32)45)26-9-2-1-3-10-26/h1-24H. The van der Waals surface area contributed by atoms with E-state index in [9.17, 15) is 5.26 Å². The monoisotopic (exact) mass is 616 g/mol. The largest absolute Gasteiger partial charge is 0.456 e. The molecule has 0 saturated carbocycles. The maximum Gasteiger partial charge on any atom is 0.135 e. The van der Waals surface area contributed by atoms with Gasteiger partial charge in [-0.15, -0.1) is 11.3 Å². The summed E-state index contributed by atoms with van der Waals surface area (Å²) in [6.07, 6.45) is 0. The van der Waals surface area contributed by atoms with Gasteiger partial charge in [-0.3, -0.25) is 0 Å². The molecule has 0 atom stereocenters. The number of hydrogen-bond donors (Lipinski definition) is 0. The summed E-state index contributed by atoms with van der Waals surface area (Å²) in [6, 6.07) is 53.7. The maximum absolute atomic E-state index is 10.3. The van der Waals surface area contributed by atoms with Crippen LogP contribution in [0.15, 0.2) is 150 Å². The highest BCUT2D eigenvalue weighted by Crippen LogP contribution is 2.46. The number of nitriles is 1. The predicted molar refractivity (Wildman–Crippen MR) is 197 cm³/mol. The van der Waals surface area contributed by atoms with E-state index in [0.29, 0.717) is 5.56 Å². The molecule has 0 bridgehead atoms. The summed E-state index contributed by atoms with van der Waals surface area (Å²) in [5.41, 5.74) is 10.5. The van der Waals surface area contributed by atoms with Gasteiger partial charge in [-0.1, -0.05) is 103 Å². The second kappa shape index (κ2) is 9.92. The van der Waals surface area contributed by atoms with Crippen LogP contribution in [0.1, 0.15) is 5.56 Å². The van der Waals surface area contributed by atoms with Crippen molar-refractivity contribution in [3.05, 3.63) is 151 Å². The SMILES string of the molecule is N#Cc1ccc(-c2ccc3oc4ccccc4c3c2)c2c1sc1c(-n3c4ccccc4c4ccc(-c5ccccc5)cc43)cccc12. The highest BCUT2D eigenvalue weighted by molar-refractivity contribution is 7.26. The quantitative estimate of drug-likeness (QED) is 0.198. The van der Waals surface area contributed by atoms with Gasteiger partial charge in [0.1, 0.15) is 17.2 Å². The van der Waals surface area contributed by atoms with Gasteiger partial charge in [-0.2, -0.15) is 5.26 Å². The molecule has 3 nitrogen and oxygen atoms in total. The molecule has 0 aliphatic carbocycles. The second-order valence-electron chi connectivity index (χ2n) is 12.0. The summed E-state index contributed by atoms with van der Waals surface area (Å²) >= 11 is 1.71. The molecule has 47 heavy (non-hydrogen) atoms. The van der Waals surface area contributed by atoms with E-state index in [0.717, 1.165) is 70.0 Å². The lowest BCUT2D eigenvalue weighted by Gasteiger charge is -2.11. The Bertz CT molecular complexity index is 2920. The summed E-state index contributed by atoms with van der Waals surface area (Å²) in [5.74, 6) is 0. The Morgan fingerprint density at radius 1 is 0.511 bits per heavy atom. The highest BCUT2D eigenvalue weighted by atomic mass is 32.1. The van der Waals surface area contributed by atoms with Crippen molar-refractivity contribution >= 4 is 75.3 Å². The van der Waals surface area contributed by atoms with E-state index in [2.05, 4.69) is 138 Å². The van der Waals surface area contributed by atoms with Crippen LogP contribution in [0.3, 0.4) is 0 Å². The number of para-hydroxylation sites is 2. The minimum Gasteiger partial charge on any atom is -0.456 e. The van der Waals surface area contributed by atoms with Crippen molar-refractivity contribution in [1.29, 1.82) is 5.26 Å². The molecule has 0 aliphatic heterocycles. The van der Waals surface area contributed by atoms with Crippen LogP contribution in [-0.2, 0) is 0 Å². The molecule has 0 spiro atoms. The van der Waals surface area contributed by atoms with Crippen molar-refractivity contribution in [3.63, 3.8) is 0 Å². The molecule has 4 heteroatoms. The van der Waals surface area contributed by atoms with Gasteiger partial charge in [0.2, 0.25) is 0 Å². The van der Waals surface area contributed by atoms with Gasteiger partial charge in [-0.05, 0) is 64.7 Å². The third kappa shape index (κ3) is 3.78. The zero-order chi connectivity index (χ0) is 31.1. The minimum atomic E-state index is 0.694. The number of aromatic nitrogens is 1. The Morgan fingerprint density at radius 2 is 1.26 bits per heavy atom. The van der Waals surface area contributed by atoms with Crippen molar-refractivity contribution in [2.75, 3.05) is 0 Å². The average molecular weight is 617 g/mol. The lowest BCUT2D eigenvalue weighted by molar-refractivity contribution is 0.669. The van der Waals surface area contributed by atoms with Gasteiger partial charge in [0.25, 0.3) is 0 Å². The number of nitrogens with zero attached hydrogens (tertiary/aromatic N) is 2. The van der Waals surface area contributed by atoms with E-state index in [1.165, 1.54) is 21.9 Å². The molecule has 0 N–H and O–H groups in total. The molecule has 10 rings (SSSR count). The number of benzene rings is 7. The Labute approximate surface area is 273 Å². The Kier molecular flexibility index (Phi) is 5.51. The molecule has 0 amide bonds. The van der Waals surface area contributed by atoms with Gasteiger partial charge >= 0.3 is 0 Å². The Hall–Kier alpha value is -6.15. The normalized spacial score (nSPS) is 11.8. The van der Waals surface area contributed by atoms with E-state index in [-0.39, 0.29) is 0 Å². The van der Waals surface area contributed by atoms with Gasteiger partial charge in [-0.25, -0.2) is 0 Å². The number of thiophene rings is 1. The summed E-state index contributed by atoms with van der Waals surface area (Å²) < 4.78 is 10.7. The van der Waals surface area contributed by atoms with Crippen molar-refractivity contribution in [1.82, 2.24) is 4.57 Å². The highest BCUT2D eigenvalue weighted by Gasteiger charge is 2.20. The molecule has 0 unspecified atom stereocenters. The molecule has 0 radical (unpaired) electrons. The van der Waals surface area contributed by atoms with Crippen LogP contribution in [0.2, 0.25) is 0 Å². The average Bonchev–Trinajstić information content (AvgIpc) is 3.81. The molecule has 7 aromatic carbocycles. The molecule has 218 valence electrons. The van der Waals surface area contributed by atoms with Crippen LogP contribution in [0, 0.1) is 11.3 Å². The maximum atomic E-state index is 10.3. The number of furan rings is 1. The summed E-state index contributed by atoms with van der Waals surface area (Å²) in [4.78, 5) is 0. The zero-order valence-electron chi connectivity index (χ0n) is 25.1. The first-order valence-corrected chi connectivity index (χ1v) is 16.5. The lowest BCUT2D eigenvalue weighted by Crippen LogP contribution is -1.94. The topological polar surface area (TPSA) is 41.9 Å². The van der Waals surface area contributed by atoms with Crippen LogP contribution < -0.4 is 0 Å². The van der Waals surface area contributed by atoms with E-state index >= 15 is 0 Å². The van der Waals surface area contributed by atoms with Crippen molar-refractivity contribution in [2.24, 2.45) is 0 Å². The first-order chi connectivity index (χ1) is 23.3. The van der Waals surface area contributed by atoms with Crippen molar-refractivity contribution in [3.8, 4) is 34.0 Å². The molecule has 10 aromatic rings. The molecule has 3 heterocycles. The first kappa shape index (κ1) is 26.1. The fourth-order valence-corrected chi connectivity index (χ4v) is 8.62. The molecule has 0 fully saturated rings. The van der Waals surface area contributed by atoms with E-state index in [1.807, 2.05) is 18.2 Å². The fraction of sp³-hybridized carbons (Fsp3) is 0. The Morgan fingerprint density at radius 3 is 2.15 bits per heavy atom. The third-order valence-corrected chi connectivity index (χ3v) is 10.7. The van der Waals surface area contributed by atoms with Gasteiger partial charge in [0, 0.05) is 32.3 Å². The summed E-state index contributed by atoms with van der Waals surface area (Å²) in [7, 11) is 0. The van der Waals surface area contributed by atoms with Gasteiger partial charge < -0.3 is 8.98 Å². The lowest BCUT2D eigenvalue weighted by atomic mass is 9.96. The molecule has 0 saturated heterocycles. The van der Waals surface area contributed by atoms with Crippen LogP contribution >= 0.6 is 11.3 Å². The number of fused-ring (bicyclic) bond motifs is 9. The van der Waals surface area contributed by atoms with Crippen LogP contribution in [0.4, 0.5) is 0 Å². The first-order valence-electron chi connectivity index (χ1n) is 15.7. The van der Waals surface area contributed by atoms with Crippen LogP contribution in [-0.4, -0.2) is 4.57 Å². The van der Waals surface area contributed by atoms with Crippen LogP contribution in [0.25, 0.3) is 91.9 Å². The summed E-state index contributed by atoms with van der Waals surface area (Å²) in [5, 5.41) is 17.2. The zero-order valence-corrected chi connectivity index (χ0v) is 25.9. The minimum absolute atomic E-state index is 0.694. The summed E-state index contributed by atoms with van der Waals surface area (Å²) in [6.45, 7) is 0. The van der Waals surface area contributed by atoms with E-state index in [1.54, 1.807) is 11.3 Å². The van der Waals surface area contributed by atoms with Gasteiger partial charge in [0.15, 0.2) is 0 Å². The molecular weight excluding hydrogens is 593 g/mol. The fourth-order valence-electron chi connectivity index (χ4n) is 7.33. The molecule has 0 aliphatic rings. The molecule has 3 aromatic heterocycles. The number of rotatable bonds is 3. The van der Waals surface area contributed by atoms with E-state index in [4.69, 9.17) is 4.42 Å². The Balaban J connectivity index is 1.28. The number of hydrogen-bond acceptors (Lipinski definition) is 3. The smallest absolute Gasteiger partial charge is 0.135 e. The van der Waals surface area contributed by atoms with Crippen LogP contribution in [0.5, 0.6) is 0 Å². The predicted octanol–water partition coefficient (Wildman–Crippen LogP) is 12.3. The van der Waals surface area contributed by atoms with Gasteiger partial charge in [0.05, 0.1) is 31.7 Å². The van der Waals surface area contributed by atoms with Crippen molar-refractivity contribution < 1.29 is 4.42 Å². The van der Waals surface area contributed by atoms with E-state index < -0.39 is 0 Å².